The number of aromatic amines is 1. The zero-order valence-corrected chi connectivity index (χ0v) is 13.2. The fourth-order valence-corrected chi connectivity index (χ4v) is 2.60. The number of amides is 1. The quantitative estimate of drug-likeness (QED) is 0.761. The van der Waals surface area contributed by atoms with Crippen molar-refractivity contribution in [2.75, 3.05) is 7.11 Å². The molecule has 0 saturated carbocycles. The van der Waals surface area contributed by atoms with Crippen LogP contribution in [-0.2, 0) is 16.1 Å². The molecule has 0 spiro atoms. The number of nitrogens with one attached hydrogen (secondary N) is 2. The molecule has 5 heteroatoms. The number of carbonyl (C=O) groups excluding carboxylic acids is 1. The van der Waals surface area contributed by atoms with Gasteiger partial charge in [0.1, 0.15) is 5.82 Å². The van der Waals surface area contributed by atoms with Crippen LogP contribution in [0.4, 0.5) is 0 Å². The minimum atomic E-state index is -0.602. The summed E-state index contributed by atoms with van der Waals surface area (Å²) in [6.45, 7) is 2.37. The topological polar surface area (TPSA) is 67.0 Å². The molecule has 0 fully saturated rings. The van der Waals surface area contributed by atoms with E-state index >= 15 is 0 Å². The molecule has 1 atom stereocenters. The van der Waals surface area contributed by atoms with Crippen molar-refractivity contribution in [2.24, 2.45) is 0 Å². The first kappa shape index (κ1) is 15.2. The normalized spacial score (nSPS) is 12.3. The van der Waals surface area contributed by atoms with E-state index in [1.54, 1.807) is 0 Å². The number of methoxy groups -OCH3 is 1. The summed E-state index contributed by atoms with van der Waals surface area (Å²) in [4.78, 5) is 19.9. The van der Waals surface area contributed by atoms with Crippen LogP contribution in [-0.4, -0.2) is 23.0 Å². The Morgan fingerprint density at radius 1 is 1.26 bits per heavy atom. The lowest BCUT2D eigenvalue weighted by atomic mass is 10.1. The molecule has 1 amide bonds. The summed E-state index contributed by atoms with van der Waals surface area (Å²) in [5.74, 6) is 0.726. The predicted octanol–water partition coefficient (Wildman–Crippen LogP) is 2.88. The molecule has 2 N–H and O–H groups in total. The molecule has 0 aliphatic carbocycles. The third-order valence-corrected chi connectivity index (χ3v) is 3.71. The first-order valence-electron chi connectivity index (χ1n) is 7.48. The highest BCUT2D eigenvalue weighted by Gasteiger charge is 2.19. The van der Waals surface area contributed by atoms with Crippen LogP contribution in [0.3, 0.4) is 0 Å². The van der Waals surface area contributed by atoms with Gasteiger partial charge in [-0.1, -0.05) is 36.4 Å². The monoisotopic (exact) mass is 309 g/mol. The van der Waals surface area contributed by atoms with E-state index in [9.17, 15) is 4.79 Å². The van der Waals surface area contributed by atoms with E-state index in [-0.39, 0.29) is 5.91 Å². The van der Waals surface area contributed by atoms with Crippen LogP contribution in [0, 0.1) is 6.92 Å². The van der Waals surface area contributed by atoms with Gasteiger partial charge in [0.05, 0.1) is 11.0 Å². The van der Waals surface area contributed by atoms with Gasteiger partial charge in [0.15, 0.2) is 6.10 Å². The number of benzene rings is 2. The number of imidazole rings is 1. The van der Waals surface area contributed by atoms with Crippen molar-refractivity contribution in [3.63, 3.8) is 0 Å². The summed E-state index contributed by atoms with van der Waals surface area (Å²) in [6, 6.07) is 15.4. The fourth-order valence-electron chi connectivity index (χ4n) is 2.60. The van der Waals surface area contributed by atoms with Gasteiger partial charge in [0.2, 0.25) is 0 Å². The Hall–Kier alpha value is -2.66. The first-order valence-corrected chi connectivity index (χ1v) is 7.48. The highest BCUT2D eigenvalue weighted by atomic mass is 16.5. The van der Waals surface area contributed by atoms with E-state index in [4.69, 9.17) is 4.74 Å². The smallest absolute Gasteiger partial charge is 0.254 e. The molecule has 3 rings (SSSR count). The number of nitrogens with zero attached hydrogens (tertiary/aromatic N) is 1. The Balaban J connectivity index is 1.69. The van der Waals surface area contributed by atoms with E-state index in [0.29, 0.717) is 6.54 Å². The molecule has 0 aliphatic heterocycles. The Kier molecular flexibility index (Phi) is 4.39. The van der Waals surface area contributed by atoms with Crippen LogP contribution in [0.15, 0.2) is 48.5 Å². The van der Waals surface area contributed by atoms with Gasteiger partial charge in [-0.15, -0.1) is 0 Å². The number of H-pyrrole nitrogens is 1. The zero-order valence-electron chi connectivity index (χ0n) is 13.2. The molecule has 0 radical (unpaired) electrons. The Bertz CT molecular complexity index is 812. The van der Waals surface area contributed by atoms with Crippen molar-refractivity contribution in [3.05, 3.63) is 65.5 Å². The maximum atomic E-state index is 12.4. The van der Waals surface area contributed by atoms with Gasteiger partial charge in [-0.2, -0.15) is 0 Å². The van der Waals surface area contributed by atoms with Crippen molar-refractivity contribution in [2.45, 2.75) is 19.6 Å². The average molecular weight is 309 g/mol. The van der Waals surface area contributed by atoms with E-state index in [1.807, 2.05) is 55.5 Å². The van der Waals surface area contributed by atoms with Crippen molar-refractivity contribution in [3.8, 4) is 0 Å². The molecule has 23 heavy (non-hydrogen) atoms. The molecule has 0 saturated heterocycles. The molecule has 1 heterocycles. The number of fused-ring (bicyclic) bond motifs is 1. The second kappa shape index (κ2) is 6.62. The van der Waals surface area contributed by atoms with Gasteiger partial charge >= 0.3 is 0 Å². The minimum absolute atomic E-state index is 0.153. The van der Waals surface area contributed by atoms with Crippen LogP contribution >= 0.6 is 0 Å². The summed E-state index contributed by atoms with van der Waals surface area (Å²) in [6.07, 6.45) is -0.602. The number of carbonyl (C=O) groups is 1. The number of hydrogen-bond acceptors (Lipinski definition) is 3. The standard InChI is InChI=1S/C18H19N3O2/c1-12-20-15-9-8-13(10-16(15)21-12)11-19-18(22)17(23-2)14-6-4-3-5-7-14/h3-10,17H,11H2,1-2H3,(H,19,22)(H,20,21). The highest BCUT2D eigenvalue weighted by molar-refractivity contribution is 5.82. The third-order valence-electron chi connectivity index (χ3n) is 3.71. The second-order valence-electron chi connectivity index (χ2n) is 5.42. The molecule has 1 unspecified atom stereocenters. The Morgan fingerprint density at radius 3 is 2.78 bits per heavy atom. The van der Waals surface area contributed by atoms with Gasteiger partial charge in [-0.25, -0.2) is 4.98 Å². The lowest BCUT2D eigenvalue weighted by Crippen LogP contribution is -2.29. The molecular formula is C18H19N3O2. The van der Waals surface area contributed by atoms with E-state index in [2.05, 4.69) is 15.3 Å². The van der Waals surface area contributed by atoms with Gasteiger partial charge in [0, 0.05) is 13.7 Å². The van der Waals surface area contributed by atoms with E-state index < -0.39 is 6.10 Å². The van der Waals surface area contributed by atoms with Crippen LogP contribution in [0.25, 0.3) is 11.0 Å². The van der Waals surface area contributed by atoms with Gasteiger partial charge in [-0.05, 0) is 30.2 Å². The largest absolute Gasteiger partial charge is 0.367 e. The molecule has 3 aromatic rings. The minimum Gasteiger partial charge on any atom is -0.367 e. The van der Waals surface area contributed by atoms with E-state index in [1.165, 1.54) is 7.11 Å². The van der Waals surface area contributed by atoms with Crippen molar-refractivity contribution in [1.29, 1.82) is 0 Å². The SMILES string of the molecule is COC(C(=O)NCc1ccc2nc(C)[nH]c2c1)c1ccccc1. The van der Waals surface area contributed by atoms with Crippen molar-refractivity contribution < 1.29 is 9.53 Å². The molecular weight excluding hydrogens is 290 g/mol. The number of ether oxygens (including phenoxy) is 1. The lowest BCUT2D eigenvalue weighted by molar-refractivity contribution is -0.131. The fraction of sp³-hybridized carbons (Fsp3) is 0.222. The Morgan fingerprint density at radius 2 is 2.04 bits per heavy atom. The maximum Gasteiger partial charge on any atom is 0.254 e. The third kappa shape index (κ3) is 3.40. The summed E-state index contributed by atoms with van der Waals surface area (Å²) in [7, 11) is 1.54. The number of aryl methyl sites for hydroxylation is 1. The average Bonchev–Trinajstić information content (AvgIpc) is 2.94. The van der Waals surface area contributed by atoms with Gasteiger partial charge in [-0.3, -0.25) is 4.79 Å². The molecule has 0 aliphatic rings. The molecule has 0 bridgehead atoms. The second-order valence-corrected chi connectivity index (χ2v) is 5.42. The summed E-state index contributed by atoms with van der Waals surface area (Å²) < 4.78 is 5.33. The number of rotatable bonds is 5. The molecule has 5 nitrogen and oxygen atoms in total. The van der Waals surface area contributed by atoms with E-state index in [0.717, 1.165) is 28.0 Å². The highest BCUT2D eigenvalue weighted by Crippen LogP contribution is 2.17. The van der Waals surface area contributed by atoms with Crippen LogP contribution < -0.4 is 5.32 Å². The van der Waals surface area contributed by atoms with Gasteiger partial charge < -0.3 is 15.0 Å². The summed E-state index contributed by atoms with van der Waals surface area (Å²) in [5.41, 5.74) is 3.75. The number of aromatic nitrogens is 2. The van der Waals surface area contributed by atoms with Crippen LogP contribution in [0.1, 0.15) is 23.1 Å². The molecule has 2 aromatic carbocycles. The molecule has 118 valence electrons. The number of hydrogen-bond donors (Lipinski definition) is 2. The summed E-state index contributed by atoms with van der Waals surface area (Å²) >= 11 is 0. The van der Waals surface area contributed by atoms with Crippen molar-refractivity contribution in [1.82, 2.24) is 15.3 Å². The van der Waals surface area contributed by atoms with Crippen LogP contribution in [0.5, 0.6) is 0 Å². The van der Waals surface area contributed by atoms with Gasteiger partial charge in [0.25, 0.3) is 5.91 Å². The van der Waals surface area contributed by atoms with Crippen molar-refractivity contribution >= 4 is 16.9 Å². The molecule has 1 aromatic heterocycles. The first-order chi connectivity index (χ1) is 11.2. The maximum absolute atomic E-state index is 12.4. The zero-order chi connectivity index (χ0) is 16.2. The Labute approximate surface area is 134 Å². The van der Waals surface area contributed by atoms with Crippen LogP contribution in [0.2, 0.25) is 0 Å². The lowest BCUT2D eigenvalue weighted by Gasteiger charge is -2.15. The summed E-state index contributed by atoms with van der Waals surface area (Å²) in [5, 5.41) is 2.92. The predicted molar refractivity (Wildman–Crippen MR) is 88.9 cm³/mol.